The van der Waals surface area contributed by atoms with Gasteiger partial charge in [-0.1, -0.05) is 60.2 Å². The van der Waals surface area contributed by atoms with Crippen LogP contribution < -0.4 is 0 Å². The van der Waals surface area contributed by atoms with Crippen molar-refractivity contribution in [2.45, 2.75) is 13.0 Å². The van der Waals surface area contributed by atoms with Crippen molar-refractivity contribution in [2.24, 2.45) is 0 Å². The van der Waals surface area contributed by atoms with Crippen molar-refractivity contribution >= 4 is 5.97 Å². The Labute approximate surface area is 135 Å². The molecule has 1 heterocycles. The number of nitrogens with zero attached hydrogens (tertiary/aromatic N) is 1. The first-order valence-corrected chi connectivity index (χ1v) is 7.46. The summed E-state index contributed by atoms with van der Waals surface area (Å²) in [5.41, 5.74) is 3.46. The van der Waals surface area contributed by atoms with Crippen LogP contribution in [0.4, 0.5) is 0 Å². The Hall–Kier alpha value is -2.94. The molecule has 3 nitrogen and oxygen atoms in total. The van der Waals surface area contributed by atoms with Crippen molar-refractivity contribution in [3.8, 4) is 0 Å². The van der Waals surface area contributed by atoms with Gasteiger partial charge in [-0.3, -0.25) is 4.98 Å². The molecule has 1 unspecified atom stereocenters. The van der Waals surface area contributed by atoms with E-state index in [0.717, 1.165) is 16.7 Å². The van der Waals surface area contributed by atoms with E-state index in [2.05, 4.69) is 4.98 Å². The Morgan fingerprint density at radius 2 is 1.74 bits per heavy atom. The number of ether oxygens (including phenoxy) is 1. The van der Waals surface area contributed by atoms with Gasteiger partial charge in [-0.15, -0.1) is 0 Å². The third-order valence-electron chi connectivity index (χ3n) is 3.57. The molecule has 3 rings (SSSR count). The maximum absolute atomic E-state index is 12.4. The Morgan fingerprint density at radius 1 is 0.957 bits per heavy atom. The fraction of sp³-hybridized carbons (Fsp3) is 0.100. The fourth-order valence-corrected chi connectivity index (χ4v) is 2.45. The van der Waals surface area contributed by atoms with Gasteiger partial charge in [-0.05, 0) is 30.2 Å². The topological polar surface area (TPSA) is 39.2 Å². The minimum atomic E-state index is -0.441. The number of hydrogen-bond acceptors (Lipinski definition) is 3. The summed E-state index contributed by atoms with van der Waals surface area (Å²) < 4.78 is 5.78. The van der Waals surface area contributed by atoms with Crippen LogP contribution in [0.2, 0.25) is 0 Å². The van der Waals surface area contributed by atoms with Crippen molar-refractivity contribution in [2.75, 3.05) is 0 Å². The van der Waals surface area contributed by atoms with E-state index in [9.17, 15) is 4.79 Å². The lowest BCUT2D eigenvalue weighted by atomic mass is 10.00. The number of aromatic nitrogens is 1. The minimum absolute atomic E-state index is 0.381. The third kappa shape index (κ3) is 3.64. The molecule has 0 aliphatic heterocycles. The molecule has 0 N–H and O–H groups in total. The number of rotatable bonds is 4. The van der Waals surface area contributed by atoms with E-state index in [0.29, 0.717) is 5.56 Å². The van der Waals surface area contributed by atoms with Crippen LogP contribution in [0.5, 0.6) is 0 Å². The van der Waals surface area contributed by atoms with E-state index in [1.54, 1.807) is 18.3 Å². The number of carbonyl (C=O) groups excluding carboxylic acids is 1. The molecular weight excluding hydrogens is 286 g/mol. The van der Waals surface area contributed by atoms with E-state index in [1.165, 1.54) is 6.20 Å². The van der Waals surface area contributed by atoms with Crippen molar-refractivity contribution in [3.63, 3.8) is 0 Å². The molecule has 23 heavy (non-hydrogen) atoms. The molecule has 0 bridgehead atoms. The number of pyridine rings is 1. The Bertz CT molecular complexity index is 785. The van der Waals surface area contributed by atoms with E-state index >= 15 is 0 Å². The predicted molar refractivity (Wildman–Crippen MR) is 89.1 cm³/mol. The van der Waals surface area contributed by atoms with Crippen LogP contribution in [0.15, 0.2) is 79.1 Å². The molecule has 1 aromatic heterocycles. The van der Waals surface area contributed by atoms with Gasteiger partial charge in [0.15, 0.2) is 6.10 Å². The zero-order valence-electron chi connectivity index (χ0n) is 12.8. The lowest BCUT2D eigenvalue weighted by Gasteiger charge is -2.19. The van der Waals surface area contributed by atoms with E-state index in [1.807, 2.05) is 61.5 Å². The maximum Gasteiger partial charge on any atom is 0.340 e. The molecule has 0 saturated heterocycles. The van der Waals surface area contributed by atoms with Crippen LogP contribution in [0.1, 0.15) is 33.2 Å². The molecular formula is C20H17NO2. The maximum atomic E-state index is 12.4. The number of benzene rings is 2. The molecule has 0 fully saturated rings. The van der Waals surface area contributed by atoms with Crippen LogP contribution in [0.3, 0.4) is 0 Å². The summed E-state index contributed by atoms with van der Waals surface area (Å²) in [4.78, 5) is 16.4. The monoisotopic (exact) mass is 303 g/mol. The number of esters is 1. The molecule has 3 heteroatoms. The normalized spacial score (nSPS) is 11.7. The summed E-state index contributed by atoms with van der Waals surface area (Å²) in [5.74, 6) is -0.381. The number of carbonyl (C=O) groups is 1. The highest BCUT2D eigenvalue weighted by Crippen LogP contribution is 2.27. The van der Waals surface area contributed by atoms with Gasteiger partial charge >= 0.3 is 5.97 Å². The number of hydrogen-bond donors (Lipinski definition) is 0. The lowest BCUT2D eigenvalue weighted by Crippen LogP contribution is -2.13. The second-order valence-corrected chi connectivity index (χ2v) is 5.35. The molecule has 0 saturated carbocycles. The molecule has 0 radical (unpaired) electrons. The predicted octanol–water partition coefficient (Wildman–Crippen LogP) is 4.34. The fourth-order valence-electron chi connectivity index (χ4n) is 2.45. The SMILES string of the molecule is Cc1cccc(C(OC(=O)c2cccnc2)c2ccccc2)c1. The van der Waals surface area contributed by atoms with Gasteiger partial charge in [0, 0.05) is 12.4 Å². The van der Waals surface area contributed by atoms with Gasteiger partial charge in [0.25, 0.3) is 0 Å². The van der Waals surface area contributed by atoms with Crippen molar-refractivity contribution in [1.29, 1.82) is 0 Å². The van der Waals surface area contributed by atoms with Crippen molar-refractivity contribution < 1.29 is 9.53 Å². The highest BCUT2D eigenvalue weighted by molar-refractivity contribution is 5.89. The average Bonchev–Trinajstić information content (AvgIpc) is 2.61. The highest BCUT2D eigenvalue weighted by Gasteiger charge is 2.20. The van der Waals surface area contributed by atoms with Gasteiger partial charge < -0.3 is 4.74 Å². The smallest absolute Gasteiger partial charge is 0.340 e. The molecule has 0 amide bonds. The quantitative estimate of drug-likeness (QED) is 0.673. The molecule has 0 aliphatic carbocycles. The molecule has 0 aliphatic rings. The third-order valence-corrected chi connectivity index (χ3v) is 3.57. The summed E-state index contributed by atoms with van der Waals surface area (Å²) in [5, 5.41) is 0. The van der Waals surface area contributed by atoms with Crippen molar-refractivity contribution in [1.82, 2.24) is 4.98 Å². The van der Waals surface area contributed by atoms with Gasteiger partial charge in [0.2, 0.25) is 0 Å². The first-order chi connectivity index (χ1) is 11.2. The summed E-state index contributed by atoms with van der Waals surface area (Å²) in [7, 11) is 0. The van der Waals surface area contributed by atoms with Gasteiger partial charge in [-0.25, -0.2) is 4.79 Å². The second kappa shape index (κ2) is 6.88. The lowest BCUT2D eigenvalue weighted by molar-refractivity contribution is 0.0377. The summed E-state index contributed by atoms with van der Waals surface area (Å²) in [6.45, 7) is 2.02. The molecule has 2 aromatic carbocycles. The van der Waals surface area contributed by atoms with Crippen molar-refractivity contribution in [3.05, 3.63) is 101 Å². The van der Waals surface area contributed by atoms with Gasteiger partial charge in [0.1, 0.15) is 0 Å². The van der Waals surface area contributed by atoms with E-state index in [4.69, 9.17) is 4.74 Å². The Morgan fingerprint density at radius 3 is 2.43 bits per heavy atom. The van der Waals surface area contributed by atoms with Crippen LogP contribution in [0.25, 0.3) is 0 Å². The average molecular weight is 303 g/mol. The molecule has 114 valence electrons. The second-order valence-electron chi connectivity index (χ2n) is 5.35. The van der Waals surface area contributed by atoms with Gasteiger partial charge in [0.05, 0.1) is 5.56 Å². The van der Waals surface area contributed by atoms with E-state index < -0.39 is 6.10 Å². The Balaban J connectivity index is 1.94. The zero-order chi connectivity index (χ0) is 16.1. The zero-order valence-corrected chi connectivity index (χ0v) is 12.8. The van der Waals surface area contributed by atoms with Crippen LogP contribution in [-0.2, 0) is 4.74 Å². The van der Waals surface area contributed by atoms with Crippen LogP contribution in [0, 0.1) is 6.92 Å². The largest absolute Gasteiger partial charge is 0.449 e. The highest BCUT2D eigenvalue weighted by atomic mass is 16.5. The Kier molecular flexibility index (Phi) is 4.48. The molecule has 1 atom stereocenters. The first-order valence-electron chi connectivity index (χ1n) is 7.46. The standard InChI is InChI=1S/C20H17NO2/c1-15-7-5-10-17(13-15)19(16-8-3-2-4-9-16)23-20(22)18-11-6-12-21-14-18/h2-14,19H,1H3. The van der Waals surface area contributed by atoms with Gasteiger partial charge in [-0.2, -0.15) is 0 Å². The summed E-state index contributed by atoms with van der Waals surface area (Å²) in [6.07, 6.45) is 2.70. The first kappa shape index (κ1) is 15.0. The summed E-state index contributed by atoms with van der Waals surface area (Å²) >= 11 is 0. The van der Waals surface area contributed by atoms with E-state index in [-0.39, 0.29) is 5.97 Å². The van der Waals surface area contributed by atoms with Crippen LogP contribution >= 0.6 is 0 Å². The molecule has 0 spiro atoms. The molecule has 3 aromatic rings. The number of aryl methyl sites for hydroxylation is 1. The summed E-state index contributed by atoms with van der Waals surface area (Å²) in [6, 6.07) is 21.2. The van der Waals surface area contributed by atoms with Crippen LogP contribution in [-0.4, -0.2) is 11.0 Å². The minimum Gasteiger partial charge on any atom is -0.449 e.